The van der Waals surface area contributed by atoms with Gasteiger partial charge in [0, 0.05) is 18.3 Å². The van der Waals surface area contributed by atoms with Gasteiger partial charge in [-0.05, 0) is 42.7 Å². The molecule has 0 radical (unpaired) electrons. The van der Waals surface area contributed by atoms with Crippen LogP contribution in [0.25, 0.3) is 0 Å². The summed E-state index contributed by atoms with van der Waals surface area (Å²) >= 11 is 6.39. The van der Waals surface area contributed by atoms with Crippen LogP contribution in [0.5, 0.6) is 11.5 Å². The fraction of sp³-hybridized carbons (Fsp3) is 0.381. The first-order valence-electron chi connectivity index (χ1n) is 9.23. The molecule has 2 N–H and O–H groups in total. The molecule has 1 aliphatic carbocycles. The summed E-state index contributed by atoms with van der Waals surface area (Å²) in [5.41, 5.74) is 1.75. The number of nitrogens with one attached hydrogen (secondary N) is 2. The molecular formula is C21H26Cl2N2O3. The molecule has 0 aromatic heterocycles. The normalized spacial score (nSPS) is 13.6. The highest BCUT2D eigenvalue weighted by Gasteiger charge is 2.17. The van der Waals surface area contributed by atoms with Crippen LogP contribution in [-0.2, 0) is 11.3 Å². The maximum atomic E-state index is 12.1. The van der Waals surface area contributed by atoms with Crippen LogP contribution in [0.4, 0.5) is 5.69 Å². The lowest BCUT2D eigenvalue weighted by Gasteiger charge is -2.16. The lowest BCUT2D eigenvalue weighted by Crippen LogP contribution is -2.25. The molecule has 5 nitrogen and oxygen atoms in total. The minimum Gasteiger partial charge on any atom is -0.493 e. The van der Waals surface area contributed by atoms with Crippen molar-refractivity contribution in [2.75, 3.05) is 19.0 Å². The highest BCUT2D eigenvalue weighted by Crippen LogP contribution is 2.36. The third-order valence-corrected chi connectivity index (χ3v) is 4.93. The number of carbonyl (C=O) groups excluding carboxylic acids is 1. The van der Waals surface area contributed by atoms with E-state index in [0.717, 1.165) is 17.8 Å². The van der Waals surface area contributed by atoms with E-state index in [4.69, 9.17) is 21.1 Å². The van der Waals surface area contributed by atoms with Crippen LogP contribution in [0, 0.1) is 0 Å². The number of hydrogen-bond acceptors (Lipinski definition) is 4. The summed E-state index contributed by atoms with van der Waals surface area (Å²) in [5.74, 6) is 0.650. The van der Waals surface area contributed by atoms with Gasteiger partial charge in [0.25, 0.3) is 5.91 Å². The standard InChI is InChI=1S/C21H25ClN2O3.ClH/c1-26-19-12-15(13-23-16-7-5-6-8-16)11-18(22)21(19)27-14-20(25)24-17-9-3-2-4-10-17;/h2-4,9-12,16,23H,5-8,13-14H2,1H3,(H,24,25);1H. The van der Waals surface area contributed by atoms with Gasteiger partial charge < -0.3 is 20.1 Å². The minimum atomic E-state index is -0.258. The van der Waals surface area contributed by atoms with Gasteiger partial charge in [0.1, 0.15) is 0 Å². The van der Waals surface area contributed by atoms with Crippen LogP contribution < -0.4 is 20.1 Å². The summed E-state index contributed by atoms with van der Waals surface area (Å²) in [7, 11) is 1.57. The van der Waals surface area contributed by atoms with Crippen molar-refractivity contribution in [1.29, 1.82) is 0 Å². The number of benzene rings is 2. The van der Waals surface area contributed by atoms with Crippen LogP contribution in [-0.4, -0.2) is 25.7 Å². The molecule has 0 atom stereocenters. The van der Waals surface area contributed by atoms with E-state index in [1.165, 1.54) is 25.7 Å². The van der Waals surface area contributed by atoms with Crippen LogP contribution in [0.1, 0.15) is 31.2 Å². The summed E-state index contributed by atoms with van der Waals surface area (Å²) in [4.78, 5) is 12.1. The van der Waals surface area contributed by atoms with Crippen molar-refractivity contribution < 1.29 is 14.3 Å². The Morgan fingerprint density at radius 2 is 1.89 bits per heavy atom. The van der Waals surface area contributed by atoms with Crippen molar-refractivity contribution in [2.45, 2.75) is 38.3 Å². The Labute approximate surface area is 177 Å². The zero-order valence-electron chi connectivity index (χ0n) is 15.9. The fourth-order valence-corrected chi connectivity index (χ4v) is 3.55. The second-order valence-corrected chi connectivity index (χ2v) is 7.08. The molecule has 1 amide bonds. The Morgan fingerprint density at radius 3 is 2.57 bits per heavy atom. The molecule has 2 aromatic rings. The fourth-order valence-electron chi connectivity index (χ4n) is 3.26. The second-order valence-electron chi connectivity index (χ2n) is 6.67. The molecule has 0 saturated heterocycles. The average molecular weight is 425 g/mol. The summed E-state index contributed by atoms with van der Waals surface area (Å²) < 4.78 is 11.1. The van der Waals surface area contributed by atoms with Crippen molar-refractivity contribution in [3.63, 3.8) is 0 Å². The molecule has 0 unspecified atom stereocenters. The number of amides is 1. The molecule has 28 heavy (non-hydrogen) atoms. The minimum absolute atomic E-state index is 0. The van der Waals surface area contributed by atoms with Gasteiger partial charge in [-0.15, -0.1) is 12.4 Å². The van der Waals surface area contributed by atoms with Gasteiger partial charge in [-0.2, -0.15) is 0 Å². The predicted octanol–water partition coefficient (Wildman–Crippen LogP) is 4.82. The topological polar surface area (TPSA) is 59.6 Å². The number of rotatable bonds is 8. The molecule has 0 heterocycles. The number of para-hydroxylation sites is 1. The van der Waals surface area contributed by atoms with Crippen molar-refractivity contribution in [3.8, 4) is 11.5 Å². The average Bonchev–Trinajstić information content (AvgIpc) is 3.19. The molecule has 3 rings (SSSR count). The maximum absolute atomic E-state index is 12.1. The summed E-state index contributed by atoms with van der Waals surface area (Å²) in [6, 6.07) is 13.6. The zero-order valence-corrected chi connectivity index (χ0v) is 17.4. The highest BCUT2D eigenvalue weighted by atomic mass is 35.5. The molecule has 1 fully saturated rings. The Kier molecular flexibility index (Phi) is 8.90. The molecule has 0 bridgehead atoms. The van der Waals surface area contributed by atoms with E-state index in [1.807, 2.05) is 42.5 Å². The number of methoxy groups -OCH3 is 1. The van der Waals surface area contributed by atoms with Gasteiger partial charge in [-0.1, -0.05) is 42.6 Å². The Balaban J connectivity index is 0.00000280. The molecule has 0 spiro atoms. The summed E-state index contributed by atoms with van der Waals surface area (Å²) in [6.07, 6.45) is 5.03. The van der Waals surface area contributed by atoms with E-state index < -0.39 is 0 Å². The first-order chi connectivity index (χ1) is 13.2. The molecule has 152 valence electrons. The lowest BCUT2D eigenvalue weighted by atomic mass is 10.1. The monoisotopic (exact) mass is 424 g/mol. The summed E-state index contributed by atoms with van der Waals surface area (Å²) in [6.45, 7) is 0.583. The zero-order chi connectivity index (χ0) is 19.1. The van der Waals surface area contributed by atoms with Crippen LogP contribution >= 0.6 is 24.0 Å². The number of ether oxygens (including phenoxy) is 2. The molecule has 1 saturated carbocycles. The second kappa shape index (κ2) is 11.1. The lowest BCUT2D eigenvalue weighted by molar-refractivity contribution is -0.118. The van der Waals surface area contributed by atoms with Crippen LogP contribution in [0.15, 0.2) is 42.5 Å². The predicted molar refractivity (Wildman–Crippen MR) is 115 cm³/mol. The van der Waals surface area contributed by atoms with E-state index >= 15 is 0 Å². The first kappa shape index (κ1) is 22.3. The van der Waals surface area contributed by atoms with E-state index in [2.05, 4.69) is 10.6 Å². The number of halogens is 2. The van der Waals surface area contributed by atoms with E-state index in [9.17, 15) is 4.79 Å². The van der Waals surface area contributed by atoms with Gasteiger partial charge in [0.2, 0.25) is 0 Å². The highest BCUT2D eigenvalue weighted by molar-refractivity contribution is 6.32. The molecule has 1 aliphatic rings. The molecular weight excluding hydrogens is 399 g/mol. The molecule has 2 aromatic carbocycles. The van der Waals surface area contributed by atoms with Crippen molar-refractivity contribution in [1.82, 2.24) is 5.32 Å². The van der Waals surface area contributed by atoms with Gasteiger partial charge >= 0.3 is 0 Å². The Bertz CT molecular complexity index is 766. The Hall–Kier alpha value is -1.95. The molecule has 7 heteroatoms. The van der Waals surface area contributed by atoms with Crippen LogP contribution in [0.2, 0.25) is 5.02 Å². The Morgan fingerprint density at radius 1 is 1.18 bits per heavy atom. The largest absolute Gasteiger partial charge is 0.493 e. The van der Waals surface area contributed by atoms with Crippen molar-refractivity contribution in [3.05, 3.63) is 53.1 Å². The maximum Gasteiger partial charge on any atom is 0.262 e. The number of anilines is 1. The van der Waals surface area contributed by atoms with E-state index in [-0.39, 0.29) is 24.9 Å². The van der Waals surface area contributed by atoms with Crippen molar-refractivity contribution in [2.24, 2.45) is 0 Å². The smallest absolute Gasteiger partial charge is 0.262 e. The quantitative estimate of drug-likeness (QED) is 0.637. The number of carbonyl (C=O) groups is 1. The van der Waals surface area contributed by atoms with Crippen LogP contribution in [0.3, 0.4) is 0 Å². The first-order valence-corrected chi connectivity index (χ1v) is 9.61. The van der Waals surface area contributed by atoms with Crippen molar-refractivity contribution >= 4 is 35.6 Å². The van der Waals surface area contributed by atoms with E-state index in [1.54, 1.807) is 7.11 Å². The third kappa shape index (κ3) is 6.30. The molecule has 0 aliphatic heterocycles. The summed E-state index contributed by atoms with van der Waals surface area (Å²) in [5, 5.41) is 6.76. The third-order valence-electron chi connectivity index (χ3n) is 4.64. The SMILES string of the molecule is COc1cc(CNC2CCCC2)cc(Cl)c1OCC(=O)Nc1ccccc1.Cl. The van der Waals surface area contributed by atoms with Gasteiger partial charge in [-0.25, -0.2) is 0 Å². The number of hydrogen-bond donors (Lipinski definition) is 2. The van der Waals surface area contributed by atoms with Gasteiger partial charge in [0.05, 0.1) is 12.1 Å². The van der Waals surface area contributed by atoms with E-state index in [0.29, 0.717) is 22.6 Å². The van der Waals surface area contributed by atoms with Gasteiger partial charge in [-0.3, -0.25) is 4.79 Å². The van der Waals surface area contributed by atoms with Gasteiger partial charge in [0.15, 0.2) is 18.1 Å².